The molecule has 0 radical (unpaired) electrons. The van der Waals surface area contributed by atoms with Gasteiger partial charge in [-0.25, -0.2) is 0 Å². The molecule has 2 nitrogen and oxygen atoms in total. The molecule has 0 aliphatic heterocycles. The Morgan fingerprint density at radius 1 is 1.24 bits per heavy atom. The highest BCUT2D eigenvalue weighted by Crippen LogP contribution is 2.43. The van der Waals surface area contributed by atoms with Gasteiger partial charge >= 0.3 is 0 Å². The van der Waals surface area contributed by atoms with Crippen LogP contribution in [0.3, 0.4) is 0 Å². The van der Waals surface area contributed by atoms with Crippen LogP contribution in [0.1, 0.15) is 34.6 Å². The van der Waals surface area contributed by atoms with Gasteiger partial charge in [0.05, 0.1) is 6.04 Å². The van der Waals surface area contributed by atoms with E-state index in [1.807, 2.05) is 20.0 Å². The van der Waals surface area contributed by atoms with Crippen molar-refractivity contribution in [1.29, 1.82) is 0 Å². The van der Waals surface area contributed by atoms with Crippen molar-refractivity contribution in [2.45, 2.75) is 25.3 Å². The van der Waals surface area contributed by atoms with E-state index < -0.39 is 0 Å². The number of hydrogen-bond acceptors (Lipinski definition) is 2. The number of hydrogen-bond donors (Lipinski definition) is 1. The van der Waals surface area contributed by atoms with Crippen LogP contribution in [0.5, 0.6) is 0 Å². The summed E-state index contributed by atoms with van der Waals surface area (Å²) in [7, 11) is 2.00. The Labute approximate surface area is 102 Å². The number of nitrogens with one attached hydrogen (secondary N) is 1. The van der Waals surface area contributed by atoms with E-state index in [0.29, 0.717) is 12.0 Å². The zero-order chi connectivity index (χ0) is 11.8. The Bertz CT molecular complexity index is 529. The van der Waals surface area contributed by atoms with Crippen molar-refractivity contribution in [3.8, 4) is 0 Å². The molecule has 0 saturated heterocycles. The molecule has 2 atom stereocenters. The summed E-state index contributed by atoms with van der Waals surface area (Å²) in [5, 5.41) is 3.38. The Balaban J connectivity index is 1.90. The second-order valence-electron chi connectivity index (χ2n) is 4.72. The topological polar surface area (TPSA) is 25.2 Å². The monoisotopic (exact) mass is 227 g/mol. The lowest BCUT2D eigenvalue weighted by Crippen LogP contribution is -2.31. The fourth-order valence-electron chi connectivity index (χ4n) is 2.76. The molecule has 3 rings (SSSR count). The molecule has 1 aliphatic carbocycles. The number of likely N-dealkylation sites (N-methyl/N-ethyl adjacent to an activating group) is 1. The minimum absolute atomic E-state index is 0.290. The van der Waals surface area contributed by atoms with Crippen LogP contribution in [0.4, 0.5) is 0 Å². The van der Waals surface area contributed by atoms with Gasteiger partial charge in [0.2, 0.25) is 0 Å². The van der Waals surface area contributed by atoms with Gasteiger partial charge in [-0.3, -0.25) is 0 Å². The molecule has 1 N–H and O–H groups in total. The molecule has 0 amide bonds. The molecule has 88 valence electrons. The van der Waals surface area contributed by atoms with Crippen molar-refractivity contribution >= 4 is 0 Å². The van der Waals surface area contributed by atoms with Crippen molar-refractivity contribution in [2.24, 2.45) is 0 Å². The third-order valence-corrected chi connectivity index (χ3v) is 3.68. The lowest BCUT2D eigenvalue weighted by Gasteiger charge is -2.35. The van der Waals surface area contributed by atoms with Gasteiger partial charge in [0, 0.05) is 5.92 Å². The standard InChI is InChI=1S/C15H17NO/c1-10-7-8-14(17-10)15(16-2)13-9-11-5-3-4-6-12(11)13/h3-8,13,15-16H,9H2,1-2H3. The largest absolute Gasteiger partial charge is 0.465 e. The number of aryl methyl sites for hydroxylation is 1. The van der Waals surface area contributed by atoms with Gasteiger partial charge in [-0.05, 0) is 43.7 Å². The number of benzene rings is 1. The van der Waals surface area contributed by atoms with E-state index in [4.69, 9.17) is 4.42 Å². The summed E-state index contributed by atoms with van der Waals surface area (Å²) in [5.74, 6) is 2.57. The van der Waals surface area contributed by atoms with Crippen LogP contribution in [0, 0.1) is 6.92 Å². The molecule has 2 aromatic rings. The smallest absolute Gasteiger partial charge is 0.121 e. The molecule has 1 heterocycles. The minimum Gasteiger partial charge on any atom is -0.465 e. The fraction of sp³-hybridized carbons (Fsp3) is 0.333. The molecule has 2 heteroatoms. The lowest BCUT2D eigenvalue weighted by atomic mass is 9.73. The van der Waals surface area contributed by atoms with Crippen LogP contribution in [0.15, 0.2) is 40.8 Å². The number of rotatable bonds is 3. The zero-order valence-corrected chi connectivity index (χ0v) is 10.2. The van der Waals surface area contributed by atoms with Crippen molar-refractivity contribution in [3.05, 3.63) is 59.0 Å². The second kappa shape index (κ2) is 4.04. The lowest BCUT2D eigenvalue weighted by molar-refractivity contribution is 0.354. The highest BCUT2D eigenvalue weighted by atomic mass is 16.3. The molecular formula is C15H17NO. The highest BCUT2D eigenvalue weighted by Gasteiger charge is 2.34. The van der Waals surface area contributed by atoms with Crippen LogP contribution < -0.4 is 5.32 Å². The Morgan fingerprint density at radius 3 is 2.71 bits per heavy atom. The third kappa shape index (κ3) is 1.69. The Kier molecular flexibility index (Phi) is 2.52. The van der Waals surface area contributed by atoms with E-state index in [-0.39, 0.29) is 0 Å². The Morgan fingerprint density at radius 2 is 2.06 bits per heavy atom. The first-order valence-electron chi connectivity index (χ1n) is 6.11. The minimum atomic E-state index is 0.290. The normalized spacial score (nSPS) is 19.5. The molecule has 0 spiro atoms. The summed E-state index contributed by atoms with van der Waals surface area (Å²) in [6.45, 7) is 1.99. The first-order valence-corrected chi connectivity index (χ1v) is 6.11. The van der Waals surface area contributed by atoms with Crippen molar-refractivity contribution in [3.63, 3.8) is 0 Å². The van der Waals surface area contributed by atoms with E-state index in [1.165, 1.54) is 11.1 Å². The SMILES string of the molecule is CNC(c1ccc(C)o1)C1Cc2ccccc21. The van der Waals surface area contributed by atoms with Gasteiger partial charge in [0.15, 0.2) is 0 Å². The molecular weight excluding hydrogens is 210 g/mol. The van der Waals surface area contributed by atoms with E-state index in [1.54, 1.807) is 0 Å². The Hall–Kier alpha value is -1.54. The van der Waals surface area contributed by atoms with Crippen LogP contribution >= 0.6 is 0 Å². The van der Waals surface area contributed by atoms with E-state index in [0.717, 1.165) is 17.9 Å². The van der Waals surface area contributed by atoms with Crippen molar-refractivity contribution in [2.75, 3.05) is 7.05 Å². The van der Waals surface area contributed by atoms with Crippen LogP contribution in [0.2, 0.25) is 0 Å². The molecule has 1 aromatic heterocycles. The summed E-state index contributed by atoms with van der Waals surface area (Å²) in [4.78, 5) is 0. The second-order valence-corrected chi connectivity index (χ2v) is 4.72. The molecule has 1 aliphatic rings. The van der Waals surface area contributed by atoms with Crippen LogP contribution in [-0.4, -0.2) is 7.05 Å². The predicted molar refractivity (Wildman–Crippen MR) is 68.1 cm³/mol. The molecule has 2 unspecified atom stereocenters. The summed E-state index contributed by atoms with van der Waals surface area (Å²) < 4.78 is 5.75. The first-order chi connectivity index (χ1) is 8.29. The first kappa shape index (κ1) is 10.6. The fourth-order valence-corrected chi connectivity index (χ4v) is 2.76. The summed E-state index contributed by atoms with van der Waals surface area (Å²) in [6.07, 6.45) is 1.14. The van der Waals surface area contributed by atoms with E-state index in [2.05, 4.69) is 35.6 Å². The average molecular weight is 227 g/mol. The maximum Gasteiger partial charge on any atom is 0.121 e. The van der Waals surface area contributed by atoms with Crippen molar-refractivity contribution < 1.29 is 4.42 Å². The maximum atomic E-state index is 5.75. The highest BCUT2D eigenvalue weighted by molar-refractivity contribution is 5.42. The molecule has 0 fully saturated rings. The summed E-state index contributed by atoms with van der Waals surface area (Å²) >= 11 is 0. The van der Waals surface area contributed by atoms with Crippen LogP contribution in [0.25, 0.3) is 0 Å². The van der Waals surface area contributed by atoms with Gasteiger partial charge in [-0.1, -0.05) is 24.3 Å². The summed E-state index contributed by atoms with van der Waals surface area (Å²) in [5.41, 5.74) is 2.93. The van der Waals surface area contributed by atoms with E-state index >= 15 is 0 Å². The van der Waals surface area contributed by atoms with Crippen LogP contribution in [-0.2, 0) is 6.42 Å². The number of fused-ring (bicyclic) bond motifs is 1. The van der Waals surface area contributed by atoms with Gasteiger partial charge in [-0.2, -0.15) is 0 Å². The number of furan rings is 1. The predicted octanol–water partition coefficient (Wildman–Crippen LogP) is 3.19. The molecule has 17 heavy (non-hydrogen) atoms. The third-order valence-electron chi connectivity index (χ3n) is 3.68. The quantitative estimate of drug-likeness (QED) is 0.871. The van der Waals surface area contributed by atoms with E-state index in [9.17, 15) is 0 Å². The molecule has 1 aromatic carbocycles. The van der Waals surface area contributed by atoms with Gasteiger partial charge < -0.3 is 9.73 Å². The van der Waals surface area contributed by atoms with Gasteiger partial charge in [0.25, 0.3) is 0 Å². The average Bonchev–Trinajstić information content (AvgIpc) is 2.72. The van der Waals surface area contributed by atoms with Crippen molar-refractivity contribution in [1.82, 2.24) is 5.32 Å². The molecule has 0 bridgehead atoms. The zero-order valence-electron chi connectivity index (χ0n) is 10.2. The maximum absolute atomic E-state index is 5.75. The van der Waals surface area contributed by atoms with Gasteiger partial charge in [-0.15, -0.1) is 0 Å². The summed E-state index contributed by atoms with van der Waals surface area (Å²) in [6, 6.07) is 13.1. The van der Waals surface area contributed by atoms with Gasteiger partial charge in [0.1, 0.15) is 11.5 Å². The molecule has 0 saturated carbocycles.